The maximum Gasteiger partial charge on any atom is 0.262 e. The zero-order chi connectivity index (χ0) is 17.2. The Balaban J connectivity index is 1.70. The molecule has 0 radical (unpaired) electrons. The molecule has 0 amide bonds. The van der Waals surface area contributed by atoms with Crippen LogP contribution in [0.2, 0.25) is 0 Å². The molecule has 4 rings (SSSR count). The van der Waals surface area contributed by atoms with Gasteiger partial charge in [-0.05, 0) is 17.2 Å². The number of aliphatic hydroxyl groups is 1. The van der Waals surface area contributed by atoms with Crippen LogP contribution in [-0.4, -0.2) is 14.7 Å². The van der Waals surface area contributed by atoms with E-state index in [2.05, 4.69) is 4.98 Å². The molecule has 4 aromatic rings. The van der Waals surface area contributed by atoms with E-state index >= 15 is 0 Å². The van der Waals surface area contributed by atoms with Crippen molar-refractivity contribution in [2.24, 2.45) is 0 Å². The first-order chi connectivity index (χ1) is 12.2. The highest BCUT2D eigenvalue weighted by atomic mass is 32.1. The molecule has 0 saturated heterocycles. The number of aliphatic hydroxyl groups excluding tert-OH is 1. The van der Waals surface area contributed by atoms with Crippen molar-refractivity contribution in [1.29, 1.82) is 0 Å². The Morgan fingerprint density at radius 1 is 1.04 bits per heavy atom. The molecular formula is C20H16N2O2S. The number of hydrogen-bond acceptors (Lipinski definition) is 4. The predicted octanol–water partition coefficient (Wildman–Crippen LogP) is 3.86. The number of aromatic nitrogens is 2. The monoisotopic (exact) mass is 348 g/mol. The summed E-state index contributed by atoms with van der Waals surface area (Å²) in [5.41, 5.74) is 1.73. The average molecular weight is 348 g/mol. The topological polar surface area (TPSA) is 55.1 Å². The van der Waals surface area contributed by atoms with E-state index in [-0.39, 0.29) is 12.1 Å². The van der Waals surface area contributed by atoms with E-state index in [1.54, 1.807) is 0 Å². The van der Waals surface area contributed by atoms with Crippen molar-refractivity contribution in [3.63, 3.8) is 0 Å². The van der Waals surface area contributed by atoms with Gasteiger partial charge in [-0.2, -0.15) is 0 Å². The van der Waals surface area contributed by atoms with Crippen molar-refractivity contribution >= 4 is 21.6 Å². The summed E-state index contributed by atoms with van der Waals surface area (Å²) in [5, 5.41) is 11.0. The van der Waals surface area contributed by atoms with Gasteiger partial charge in [0.25, 0.3) is 5.56 Å². The number of nitrogens with zero attached hydrogens (tertiary/aromatic N) is 2. The molecule has 124 valence electrons. The van der Waals surface area contributed by atoms with Gasteiger partial charge in [-0.15, -0.1) is 11.3 Å². The highest BCUT2D eigenvalue weighted by Crippen LogP contribution is 2.30. The first-order valence-electron chi connectivity index (χ1n) is 8.00. The highest BCUT2D eigenvalue weighted by Gasteiger charge is 2.13. The van der Waals surface area contributed by atoms with E-state index in [4.69, 9.17) is 0 Å². The summed E-state index contributed by atoms with van der Waals surface area (Å²) in [7, 11) is 0. The average Bonchev–Trinajstić information content (AvgIpc) is 3.11. The van der Waals surface area contributed by atoms with E-state index in [1.807, 2.05) is 66.7 Å². The smallest absolute Gasteiger partial charge is 0.262 e. The van der Waals surface area contributed by atoms with Crippen LogP contribution in [0.3, 0.4) is 0 Å². The second kappa shape index (κ2) is 6.63. The van der Waals surface area contributed by atoms with Crippen LogP contribution in [-0.2, 0) is 6.54 Å². The van der Waals surface area contributed by atoms with Gasteiger partial charge in [-0.3, -0.25) is 9.36 Å². The van der Waals surface area contributed by atoms with Gasteiger partial charge < -0.3 is 5.11 Å². The Labute approximate surface area is 148 Å². The Kier molecular flexibility index (Phi) is 4.17. The lowest BCUT2D eigenvalue weighted by atomic mass is 10.1. The second-order valence-corrected chi connectivity index (χ2v) is 6.85. The molecule has 1 atom stereocenters. The molecule has 25 heavy (non-hydrogen) atoms. The normalized spacial score (nSPS) is 12.4. The van der Waals surface area contributed by atoms with Crippen molar-refractivity contribution < 1.29 is 5.11 Å². The largest absolute Gasteiger partial charge is 0.387 e. The molecule has 2 aromatic carbocycles. The van der Waals surface area contributed by atoms with Crippen LogP contribution >= 0.6 is 11.3 Å². The third-order valence-corrected chi connectivity index (χ3v) is 5.22. The molecule has 0 spiro atoms. The van der Waals surface area contributed by atoms with Gasteiger partial charge in [0, 0.05) is 4.88 Å². The van der Waals surface area contributed by atoms with Crippen LogP contribution in [0, 0.1) is 0 Å². The fourth-order valence-electron chi connectivity index (χ4n) is 2.80. The first-order valence-corrected chi connectivity index (χ1v) is 8.81. The number of rotatable bonds is 4. The summed E-state index contributed by atoms with van der Waals surface area (Å²) in [6.07, 6.45) is 0.771. The molecule has 2 aromatic heterocycles. The van der Waals surface area contributed by atoms with Crippen LogP contribution in [0.5, 0.6) is 0 Å². The van der Waals surface area contributed by atoms with Crippen molar-refractivity contribution in [3.05, 3.63) is 89.0 Å². The van der Waals surface area contributed by atoms with Gasteiger partial charge in [-0.1, -0.05) is 60.7 Å². The summed E-state index contributed by atoms with van der Waals surface area (Å²) in [5.74, 6) is 0. The first kappa shape index (κ1) is 15.7. The molecule has 0 fully saturated rings. The minimum Gasteiger partial charge on any atom is -0.387 e. The fraction of sp³-hybridized carbons (Fsp3) is 0.100. The lowest BCUT2D eigenvalue weighted by molar-refractivity contribution is 0.155. The van der Waals surface area contributed by atoms with E-state index in [0.717, 1.165) is 16.0 Å². The van der Waals surface area contributed by atoms with Crippen molar-refractivity contribution in [2.75, 3.05) is 0 Å². The number of hydrogen-bond donors (Lipinski definition) is 1. The Morgan fingerprint density at radius 3 is 2.44 bits per heavy atom. The molecule has 0 aliphatic heterocycles. The van der Waals surface area contributed by atoms with Gasteiger partial charge in [0.05, 0.1) is 24.4 Å². The van der Waals surface area contributed by atoms with Gasteiger partial charge in [0.1, 0.15) is 4.83 Å². The van der Waals surface area contributed by atoms with Gasteiger partial charge in [0.2, 0.25) is 0 Å². The molecule has 0 aliphatic carbocycles. The van der Waals surface area contributed by atoms with Crippen LogP contribution in [0.25, 0.3) is 20.7 Å². The molecule has 0 aliphatic rings. The van der Waals surface area contributed by atoms with Crippen LogP contribution < -0.4 is 5.56 Å². The van der Waals surface area contributed by atoms with Gasteiger partial charge in [-0.25, -0.2) is 4.98 Å². The van der Waals surface area contributed by atoms with Crippen molar-refractivity contribution in [3.8, 4) is 10.4 Å². The third-order valence-electron chi connectivity index (χ3n) is 4.13. The highest BCUT2D eigenvalue weighted by molar-refractivity contribution is 7.21. The van der Waals surface area contributed by atoms with E-state index in [0.29, 0.717) is 10.2 Å². The van der Waals surface area contributed by atoms with Crippen LogP contribution in [0.1, 0.15) is 11.7 Å². The van der Waals surface area contributed by atoms with E-state index in [9.17, 15) is 9.90 Å². The van der Waals surface area contributed by atoms with E-state index in [1.165, 1.54) is 22.2 Å². The number of fused-ring (bicyclic) bond motifs is 1. The summed E-state index contributed by atoms with van der Waals surface area (Å²) in [6.45, 7) is 0.183. The lowest BCUT2D eigenvalue weighted by Gasteiger charge is -2.12. The SMILES string of the molecule is O=c1c2cc(-c3ccccc3)sc2ncn1C[C@H](O)c1ccccc1. The number of thiophene rings is 1. The maximum absolute atomic E-state index is 12.8. The second-order valence-electron chi connectivity index (χ2n) is 5.82. The molecule has 0 saturated carbocycles. The summed E-state index contributed by atoms with van der Waals surface area (Å²) in [4.78, 5) is 18.9. The van der Waals surface area contributed by atoms with Gasteiger partial charge in [0.15, 0.2) is 0 Å². The van der Waals surface area contributed by atoms with Crippen LogP contribution in [0.15, 0.2) is 77.9 Å². The van der Waals surface area contributed by atoms with Crippen molar-refractivity contribution in [1.82, 2.24) is 9.55 Å². The molecule has 0 unspecified atom stereocenters. The van der Waals surface area contributed by atoms with Crippen LogP contribution in [0.4, 0.5) is 0 Å². The summed E-state index contributed by atoms with van der Waals surface area (Å²) >= 11 is 1.50. The van der Waals surface area contributed by atoms with Gasteiger partial charge >= 0.3 is 0 Å². The molecule has 1 N–H and O–H groups in total. The quantitative estimate of drug-likeness (QED) is 0.609. The molecule has 4 nitrogen and oxygen atoms in total. The van der Waals surface area contributed by atoms with Crippen molar-refractivity contribution in [2.45, 2.75) is 12.6 Å². The molecule has 0 bridgehead atoms. The molecule has 2 heterocycles. The molecule has 5 heteroatoms. The summed E-state index contributed by atoms with van der Waals surface area (Å²) in [6, 6.07) is 21.2. The minimum atomic E-state index is -0.745. The van der Waals surface area contributed by atoms with E-state index < -0.39 is 6.10 Å². The predicted molar refractivity (Wildman–Crippen MR) is 101 cm³/mol. The zero-order valence-electron chi connectivity index (χ0n) is 13.4. The molecular weight excluding hydrogens is 332 g/mol. The maximum atomic E-state index is 12.8. The summed E-state index contributed by atoms with van der Waals surface area (Å²) < 4.78 is 1.47. The zero-order valence-corrected chi connectivity index (χ0v) is 14.2. The fourth-order valence-corrected chi connectivity index (χ4v) is 3.80. The Hall–Kier alpha value is -2.76. The lowest BCUT2D eigenvalue weighted by Crippen LogP contribution is -2.23. The number of benzene rings is 2. The minimum absolute atomic E-state index is 0.126. The Bertz CT molecular complexity index is 1060. The Morgan fingerprint density at radius 2 is 1.72 bits per heavy atom. The standard InChI is InChI=1S/C20H16N2O2S/c23-17(14-7-3-1-4-8-14)12-22-13-21-19-16(20(22)24)11-18(25-19)15-9-5-2-6-10-15/h1-11,13,17,23H,12H2/t17-/m0/s1. The third kappa shape index (κ3) is 3.12.